The number of carbonyl (C=O) groups is 1. The number of rotatable bonds is 3. The molecule has 0 bridgehead atoms. The van der Waals surface area contributed by atoms with Crippen molar-refractivity contribution in [3.63, 3.8) is 0 Å². The fourth-order valence-corrected chi connectivity index (χ4v) is 2.34. The number of amides is 1. The van der Waals surface area contributed by atoms with Crippen molar-refractivity contribution in [2.24, 2.45) is 0 Å². The first-order valence-electron chi connectivity index (χ1n) is 7.02. The van der Waals surface area contributed by atoms with Crippen LogP contribution < -0.4 is 9.64 Å². The fourth-order valence-electron chi connectivity index (χ4n) is 2.34. The third-order valence-electron chi connectivity index (χ3n) is 3.52. The van der Waals surface area contributed by atoms with Gasteiger partial charge < -0.3 is 19.1 Å². The second-order valence-corrected chi connectivity index (χ2v) is 5.00. The highest BCUT2D eigenvalue weighted by Gasteiger charge is 2.25. The number of carbonyl (C=O) groups excluding carboxylic acids is 1. The van der Waals surface area contributed by atoms with Crippen molar-refractivity contribution in [2.45, 2.75) is 6.92 Å². The zero-order chi connectivity index (χ0) is 15.5. The van der Waals surface area contributed by atoms with Crippen LogP contribution >= 0.6 is 0 Å². The van der Waals surface area contributed by atoms with E-state index in [1.165, 1.54) is 0 Å². The number of piperazine rings is 1. The van der Waals surface area contributed by atoms with Crippen molar-refractivity contribution in [1.29, 1.82) is 0 Å². The number of methoxy groups -OCH3 is 1. The van der Waals surface area contributed by atoms with Crippen LogP contribution in [0.5, 0.6) is 5.88 Å². The molecule has 3 heterocycles. The van der Waals surface area contributed by atoms with Gasteiger partial charge in [0.05, 0.1) is 7.11 Å². The summed E-state index contributed by atoms with van der Waals surface area (Å²) in [5.74, 6) is 1.67. The van der Waals surface area contributed by atoms with Gasteiger partial charge in [-0.1, -0.05) is 5.16 Å². The van der Waals surface area contributed by atoms with Crippen LogP contribution in [0.3, 0.4) is 0 Å². The van der Waals surface area contributed by atoms with E-state index in [-0.39, 0.29) is 5.91 Å². The Kier molecular flexibility index (Phi) is 3.90. The average Bonchev–Trinajstić information content (AvgIpc) is 3.01. The van der Waals surface area contributed by atoms with Crippen LogP contribution in [0.4, 0.5) is 5.95 Å². The molecule has 22 heavy (non-hydrogen) atoms. The van der Waals surface area contributed by atoms with E-state index < -0.39 is 0 Å². The van der Waals surface area contributed by atoms with Crippen molar-refractivity contribution in [2.75, 3.05) is 38.2 Å². The summed E-state index contributed by atoms with van der Waals surface area (Å²) in [4.78, 5) is 24.6. The number of aryl methyl sites for hydroxylation is 1. The molecule has 1 fully saturated rings. The number of hydrogen-bond acceptors (Lipinski definition) is 7. The Morgan fingerprint density at radius 1 is 1.32 bits per heavy atom. The molecule has 3 rings (SSSR count). The molecular weight excluding hydrogens is 286 g/mol. The van der Waals surface area contributed by atoms with Gasteiger partial charge in [0.25, 0.3) is 5.91 Å². The quantitative estimate of drug-likeness (QED) is 0.827. The lowest BCUT2D eigenvalue weighted by molar-refractivity contribution is 0.0735. The minimum absolute atomic E-state index is 0.108. The molecule has 8 nitrogen and oxygen atoms in total. The third-order valence-corrected chi connectivity index (χ3v) is 3.52. The van der Waals surface area contributed by atoms with Crippen LogP contribution in [-0.4, -0.2) is 59.2 Å². The number of anilines is 1. The minimum atomic E-state index is -0.108. The van der Waals surface area contributed by atoms with E-state index in [2.05, 4.69) is 15.1 Å². The third kappa shape index (κ3) is 2.85. The summed E-state index contributed by atoms with van der Waals surface area (Å²) in [7, 11) is 1.57. The number of nitrogens with zero attached hydrogens (tertiary/aromatic N) is 5. The molecule has 1 aliphatic rings. The SMILES string of the molecule is COc1ccnc(N2CCN(C(=O)c3cc(C)on3)CC2)n1. The predicted octanol–water partition coefficient (Wildman–Crippen LogP) is 0.744. The second-order valence-electron chi connectivity index (χ2n) is 5.00. The Bertz CT molecular complexity index is 664. The first-order valence-corrected chi connectivity index (χ1v) is 7.02. The molecule has 0 atom stereocenters. The van der Waals surface area contributed by atoms with Crippen LogP contribution in [0.15, 0.2) is 22.9 Å². The zero-order valence-corrected chi connectivity index (χ0v) is 12.5. The lowest BCUT2D eigenvalue weighted by atomic mass is 10.2. The van der Waals surface area contributed by atoms with E-state index >= 15 is 0 Å². The molecule has 0 aromatic carbocycles. The highest BCUT2D eigenvalue weighted by atomic mass is 16.5. The Hall–Kier alpha value is -2.64. The average molecular weight is 303 g/mol. The summed E-state index contributed by atoms with van der Waals surface area (Å²) >= 11 is 0. The van der Waals surface area contributed by atoms with Gasteiger partial charge in [0.1, 0.15) is 5.76 Å². The van der Waals surface area contributed by atoms with Crippen LogP contribution in [0.25, 0.3) is 0 Å². The van der Waals surface area contributed by atoms with Crippen LogP contribution in [0.1, 0.15) is 16.2 Å². The lowest BCUT2D eigenvalue weighted by Gasteiger charge is -2.34. The molecule has 8 heteroatoms. The smallest absolute Gasteiger partial charge is 0.276 e. The molecule has 116 valence electrons. The van der Waals surface area contributed by atoms with Gasteiger partial charge in [-0.2, -0.15) is 4.98 Å². The van der Waals surface area contributed by atoms with E-state index in [0.29, 0.717) is 49.5 Å². The maximum Gasteiger partial charge on any atom is 0.276 e. The lowest BCUT2D eigenvalue weighted by Crippen LogP contribution is -2.49. The molecule has 2 aromatic rings. The molecule has 0 saturated carbocycles. The topological polar surface area (TPSA) is 84.6 Å². The summed E-state index contributed by atoms with van der Waals surface area (Å²) in [6, 6.07) is 3.36. The summed E-state index contributed by atoms with van der Waals surface area (Å²) in [5, 5.41) is 3.77. The van der Waals surface area contributed by atoms with Gasteiger partial charge >= 0.3 is 0 Å². The number of aromatic nitrogens is 3. The molecule has 0 aliphatic carbocycles. The molecule has 1 saturated heterocycles. The molecule has 0 unspecified atom stereocenters. The van der Waals surface area contributed by atoms with Crippen molar-refractivity contribution in [1.82, 2.24) is 20.0 Å². The predicted molar refractivity (Wildman–Crippen MR) is 77.9 cm³/mol. The molecular formula is C14H17N5O3. The maximum absolute atomic E-state index is 12.3. The van der Waals surface area contributed by atoms with E-state index in [1.54, 1.807) is 37.3 Å². The van der Waals surface area contributed by atoms with Gasteiger partial charge in [-0.15, -0.1) is 0 Å². The Labute approximate surface area is 127 Å². The summed E-state index contributed by atoms with van der Waals surface area (Å²) < 4.78 is 10.1. The van der Waals surface area contributed by atoms with E-state index in [9.17, 15) is 4.79 Å². The van der Waals surface area contributed by atoms with Crippen LogP contribution in [0, 0.1) is 6.92 Å². The summed E-state index contributed by atoms with van der Waals surface area (Å²) in [6.45, 7) is 4.27. The Balaban J connectivity index is 1.63. The molecule has 2 aromatic heterocycles. The second kappa shape index (κ2) is 6.00. The molecule has 0 radical (unpaired) electrons. The van der Waals surface area contributed by atoms with Crippen LogP contribution in [-0.2, 0) is 0 Å². The highest BCUT2D eigenvalue weighted by Crippen LogP contribution is 2.15. The van der Waals surface area contributed by atoms with Crippen molar-refractivity contribution in [3.8, 4) is 5.88 Å². The molecule has 1 aliphatic heterocycles. The Morgan fingerprint density at radius 2 is 2.09 bits per heavy atom. The maximum atomic E-state index is 12.3. The molecule has 1 amide bonds. The largest absolute Gasteiger partial charge is 0.481 e. The van der Waals surface area contributed by atoms with E-state index in [0.717, 1.165) is 0 Å². The normalized spacial score (nSPS) is 15.0. The highest BCUT2D eigenvalue weighted by molar-refractivity contribution is 5.92. The first kappa shape index (κ1) is 14.3. The van der Waals surface area contributed by atoms with Crippen molar-refractivity contribution >= 4 is 11.9 Å². The fraction of sp³-hybridized carbons (Fsp3) is 0.429. The number of hydrogen-bond donors (Lipinski definition) is 0. The van der Waals surface area contributed by atoms with E-state index in [4.69, 9.17) is 9.26 Å². The van der Waals surface area contributed by atoms with Gasteiger partial charge in [0, 0.05) is 44.5 Å². The van der Waals surface area contributed by atoms with E-state index in [1.807, 2.05) is 4.90 Å². The van der Waals surface area contributed by atoms with Gasteiger partial charge in [0.2, 0.25) is 11.8 Å². The Morgan fingerprint density at radius 3 is 2.73 bits per heavy atom. The van der Waals surface area contributed by atoms with Gasteiger partial charge in [-0.3, -0.25) is 4.79 Å². The first-order chi connectivity index (χ1) is 10.7. The molecule has 0 spiro atoms. The standard InChI is InChI=1S/C14H17N5O3/c1-10-9-11(17-22-10)13(20)18-5-7-19(8-6-18)14-15-4-3-12(16-14)21-2/h3-4,9H,5-8H2,1-2H3. The van der Waals surface area contributed by atoms with Gasteiger partial charge in [-0.05, 0) is 6.92 Å². The van der Waals surface area contributed by atoms with Crippen LogP contribution in [0.2, 0.25) is 0 Å². The van der Waals surface area contributed by atoms with Crippen molar-refractivity contribution in [3.05, 3.63) is 29.8 Å². The summed E-state index contributed by atoms with van der Waals surface area (Å²) in [5.41, 5.74) is 0.351. The number of ether oxygens (including phenoxy) is 1. The van der Waals surface area contributed by atoms with Crippen molar-refractivity contribution < 1.29 is 14.1 Å². The zero-order valence-electron chi connectivity index (χ0n) is 12.5. The minimum Gasteiger partial charge on any atom is -0.481 e. The molecule has 0 N–H and O–H groups in total. The van der Waals surface area contributed by atoms with Gasteiger partial charge in [-0.25, -0.2) is 4.98 Å². The summed E-state index contributed by atoms with van der Waals surface area (Å²) in [6.07, 6.45) is 1.66. The monoisotopic (exact) mass is 303 g/mol. The van der Waals surface area contributed by atoms with Gasteiger partial charge in [0.15, 0.2) is 5.69 Å².